The molecule has 2 nitrogen and oxygen atoms in total. The average molecular weight is 704 g/mol. The van der Waals surface area contributed by atoms with Crippen LogP contribution in [-0.4, -0.2) is 0 Å². The Balaban J connectivity index is 1.19. The lowest BCUT2D eigenvalue weighted by atomic mass is 9.82. The van der Waals surface area contributed by atoms with E-state index in [1.165, 1.54) is 54.9 Å². The highest BCUT2D eigenvalue weighted by molar-refractivity contribution is 6.19. The Kier molecular flexibility index (Phi) is 6.93. The predicted octanol–water partition coefficient (Wildman–Crippen LogP) is 15.0. The van der Waals surface area contributed by atoms with E-state index in [0.29, 0.717) is 0 Å². The standard InChI is InChI=1S/C53H37NO/c1-53(2)45-21-9-7-18-43(45)50-46(53)22-12-23-47(50)54(39-29-27-35(28-30-39)38-26-25-34-13-3-4-15-37(34)33-38)48-32-31-42(41-20-11-16-36-14-5-6-17-40(36)41)52-51(48)44-19-8-10-24-49(44)55-52/h3-33H,1-2H3. The van der Waals surface area contributed by atoms with Crippen LogP contribution in [0.15, 0.2) is 192 Å². The summed E-state index contributed by atoms with van der Waals surface area (Å²) < 4.78 is 6.92. The summed E-state index contributed by atoms with van der Waals surface area (Å²) in [5.41, 5.74) is 14.9. The van der Waals surface area contributed by atoms with Gasteiger partial charge in [-0.3, -0.25) is 0 Å². The summed E-state index contributed by atoms with van der Waals surface area (Å²) in [5, 5.41) is 7.11. The molecule has 10 aromatic rings. The minimum atomic E-state index is -0.135. The quantitative estimate of drug-likeness (QED) is 0.177. The number of hydrogen-bond donors (Lipinski definition) is 0. The van der Waals surface area contributed by atoms with E-state index in [1.54, 1.807) is 0 Å². The van der Waals surface area contributed by atoms with Gasteiger partial charge in [0, 0.05) is 27.6 Å². The smallest absolute Gasteiger partial charge is 0.145 e. The van der Waals surface area contributed by atoms with Crippen LogP contribution in [0.3, 0.4) is 0 Å². The summed E-state index contributed by atoms with van der Waals surface area (Å²) >= 11 is 0. The SMILES string of the molecule is CC1(C)c2ccccc2-c2c(N(c3ccc(-c4ccc5ccccc5c4)cc3)c3ccc(-c4cccc5ccccc45)c4oc5ccccc5c34)cccc21. The van der Waals surface area contributed by atoms with Crippen LogP contribution in [0.1, 0.15) is 25.0 Å². The van der Waals surface area contributed by atoms with E-state index >= 15 is 0 Å². The maximum atomic E-state index is 6.92. The minimum absolute atomic E-state index is 0.135. The molecule has 0 saturated heterocycles. The molecule has 9 aromatic carbocycles. The molecule has 0 amide bonds. The number of hydrogen-bond acceptors (Lipinski definition) is 2. The van der Waals surface area contributed by atoms with Gasteiger partial charge in [-0.1, -0.05) is 159 Å². The van der Waals surface area contributed by atoms with Crippen molar-refractivity contribution in [3.05, 3.63) is 199 Å². The van der Waals surface area contributed by atoms with Crippen molar-refractivity contribution >= 4 is 60.5 Å². The number of furan rings is 1. The topological polar surface area (TPSA) is 16.4 Å². The molecule has 0 unspecified atom stereocenters. The Hall–Kier alpha value is -6.90. The third-order valence-electron chi connectivity index (χ3n) is 11.9. The van der Waals surface area contributed by atoms with Gasteiger partial charge in [-0.25, -0.2) is 0 Å². The van der Waals surface area contributed by atoms with Gasteiger partial charge in [-0.15, -0.1) is 0 Å². The van der Waals surface area contributed by atoms with Gasteiger partial charge >= 0.3 is 0 Å². The molecule has 55 heavy (non-hydrogen) atoms. The monoisotopic (exact) mass is 703 g/mol. The first-order valence-electron chi connectivity index (χ1n) is 19.1. The van der Waals surface area contributed by atoms with Gasteiger partial charge in [-0.2, -0.15) is 0 Å². The Bertz CT molecular complexity index is 3120. The van der Waals surface area contributed by atoms with Crippen molar-refractivity contribution in [2.24, 2.45) is 0 Å². The van der Waals surface area contributed by atoms with Crippen LogP contribution in [-0.2, 0) is 5.41 Å². The number of fused-ring (bicyclic) bond motifs is 8. The molecule has 1 heterocycles. The summed E-state index contributed by atoms with van der Waals surface area (Å²) in [6, 6.07) is 68.4. The number of nitrogens with zero attached hydrogens (tertiary/aromatic N) is 1. The van der Waals surface area contributed by atoms with Crippen LogP contribution < -0.4 is 4.90 Å². The summed E-state index contributed by atoms with van der Waals surface area (Å²) in [7, 11) is 0. The lowest BCUT2D eigenvalue weighted by Crippen LogP contribution is -2.16. The fourth-order valence-electron chi connectivity index (χ4n) is 9.17. The van der Waals surface area contributed by atoms with Crippen molar-refractivity contribution in [2.75, 3.05) is 4.90 Å². The fourth-order valence-corrected chi connectivity index (χ4v) is 9.17. The van der Waals surface area contributed by atoms with Crippen molar-refractivity contribution in [3.63, 3.8) is 0 Å². The highest BCUT2D eigenvalue weighted by atomic mass is 16.3. The summed E-state index contributed by atoms with van der Waals surface area (Å²) in [6.45, 7) is 4.70. The Morgan fingerprint density at radius 2 is 1.09 bits per heavy atom. The molecule has 11 rings (SSSR count). The molecule has 0 fully saturated rings. The van der Waals surface area contributed by atoms with E-state index in [1.807, 2.05) is 0 Å². The predicted molar refractivity (Wildman–Crippen MR) is 232 cm³/mol. The molecule has 1 aromatic heterocycles. The zero-order chi connectivity index (χ0) is 36.7. The molecule has 0 bridgehead atoms. The fraction of sp³-hybridized carbons (Fsp3) is 0.0566. The van der Waals surface area contributed by atoms with Crippen LogP contribution in [0.5, 0.6) is 0 Å². The number of benzene rings is 9. The van der Waals surface area contributed by atoms with Crippen molar-refractivity contribution in [1.29, 1.82) is 0 Å². The normalized spacial score (nSPS) is 13.1. The Morgan fingerprint density at radius 3 is 1.96 bits per heavy atom. The van der Waals surface area contributed by atoms with Crippen molar-refractivity contribution in [2.45, 2.75) is 19.3 Å². The molecule has 0 aliphatic heterocycles. The van der Waals surface area contributed by atoms with Crippen LogP contribution >= 0.6 is 0 Å². The maximum absolute atomic E-state index is 6.92. The molecule has 260 valence electrons. The molecule has 0 atom stereocenters. The first kappa shape index (κ1) is 31.6. The first-order chi connectivity index (χ1) is 27.0. The molecular formula is C53H37NO. The van der Waals surface area contributed by atoms with E-state index in [0.717, 1.165) is 50.1 Å². The van der Waals surface area contributed by atoms with Crippen molar-refractivity contribution < 1.29 is 4.42 Å². The highest BCUT2D eigenvalue weighted by Gasteiger charge is 2.38. The Morgan fingerprint density at radius 1 is 0.436 bits per heavy atom. The number of para-hydroxylation sites is 1. The molecule has 2 heteroatoms. The maximum Gasteiger partial charge on any atom is 0.145 e. The third kappa shape index (κ3) is 4.81. The second kappa shape index (κ2) is 12.1. The van der Waals surface area contributed by atoms with Crippen LogP contribution in [0, 0.1) is 0 Å². The van der Waals surface area contributed by atoms with E-state index in [-0.39, 0.29) is 5.41 Å². The van der Waals surface area contributed by atoms with E-state index in [4.69, 9.17) is 4.42 Å². The van der Waals surface area contributed by atoms with E-state index < -0.39 is 0 Å². The lowest BCUT2D eigenvalue weighted by molar-refractivity contribution is 0.660. The van der Waals surface area contributed by atoms with E-state index in [2.05, 4.69) is 207 Å². The van der Waals surface area contributed by atoms with Crippen LogP contribution in [0.2, 0.25) is 0 Å². The van der Waals surface area contributed by atoms with Gasteiger partial charge in [-0.05, 0) is 97.4 Å². The zero-order valence-electron chi connectivity index (χ0n) is 30.8. The molecule has 0 spiro atoms. The highest BCUT2D eigenvalue weighted by Crippen LogP contribution is 2.55. The molecule has 0 radical (unpaired) electrons. The Labute approximate surface area is 320 Å². The first-order valence-corrected chi connectivity index (χ1v) is 19.1. The molecule has 1 aliphatic rings. The van der Waals surface area contributed by atoms with Crippen molar-refractivity contribution in [3.8, 4) is 33.4 Å². The van der Waals surface area contributed by atoms with Crippen LogP contribution in [0.4, 0.5) is 17.1 Å². The molecule has 0 saturated carbocycles. The number of rotatable bonds is 5. The van der Waals surface area contributed by atoms with E-state index in [9.17, 15) is 0 Å². The van der Waals surface area contributed by atoms with Gasteiger partial charge < -0.3 is 9.32 Å². The molecule has 1 aliphatic carbocycles. The van der Waals surface area contributed by atoms with Crippen molar-refractivity contribution in [1.82, 2.24) is 0 Å². The largest absolute Gasteiger partial charge is 0.455 e. The number of anilines is 3. The molecular weight excluding hydrogens is 667 g/mol. The van der Waals surface area contributed by atoms with Crippen LogP contribution in [0.25, 0.3) is 76.9 Å². The summed E-state index contributed by atoms with van der Waals surface area (Å²) in [4.78, 5) is 2.47. The molecule has 0 N–H and O–H groups in total. The second-order valence-corrected chi connectivity index (χ2v) is 15.3. The van der Waals surface area contributed by atoms with Gasteiger partial charge in [0.25, 0.3) is 0 Å². The summed E-state index contributed by atoms with van der Waals surface area (Å²) in [5.74, 6) is 0. The van der Waals surface area contributed by atoms with Gasteiger partial charge in [0.15, 0.2) is 0 Å². The third-order valence-corrected chi connectivity index (χ3v) is 11.9. The minimum Gasteiger partial charge on any atom is -0.455 e. The lowest BCUT2D eigenvalue weighted by Gasteiger charge is -2.30. The van der Waals surface area contributed by atoms with Gasteiger partial charge in [0.2, 0.25) is 0 Å². The van der Waals surface area contributed by atoms with Gasteiger partial charge in [0.05, 0.1) is 16.8 Å². The average Bonchev–Trinajstić information content (AvgIpc) is 3.74. The second-order valence-electron chi connectivity index (χ2n) is 15.3. The summed E-state index contributed by atoms with van der Waals surface area (Å²) in [6.07, 6.45) is 0. The van der Waals surface area contributed by atoms with Gasteiger partial charge in [0.1, 0.15) is 11.2 Å². The zero-order valence-corrected chi connectivity index (χ0v) is 30.8.